The van der Waals surface area contributed by atoms with Crippen molar-refractivity contribution >= 4 is 23.4 Å². The first-order valence-electron chi connectivity index (χ1n) is 5.00. The van der Waals surface area contributed by atoms with Crippen molar-refractivity contribution in [3.05, 3.63) is 53.6 Å². The average Bonchev–Trinajstić information content (AvgIpc) is 2.36. The fourth-order valence-corrected chi connectivity index (χ4v) is 1.40. The number of carbonyl (C=O) groups excluding carboxylic acids is 1. The van der Waals surface area contributed by atoms with Crippen LogP contribution in [0.2, 0.25) is 5.15 Å². The molecule has 0 fully saturated rings. The van der Waals surface area contributed by atoms with Gasteiger partial charge in [-0.3, -0.25) is 5.32 Å². The number of rotatable bonds is 2. The molecule has 0 aliphatic carbocycles. The Bertz CT molecular complexity index is 563. The molecule has 0 atom stereocenters. The molecule has 0 radical (unpaired) electrons. The second-order valence-corrected chi connectivity index (χ2v) is 3.65. The smallest absolute Gasteiger partial charge is 0.410 e. The molecule has 1 heterocycles. The number of aromatic nitrogens is 1. The molecule has 0 saturated heterocycles. The van der Waals surface area contributed by atoms with Gasteiger partial charge in [-0.15, -0.1) is 0 Å². The minimum Gasteiger partial charge on any atom is -0.410 e. The van der Waals surface area contributed by atoms with Gasteiger partial charge in [-0.1, -0.05) is 29.8 Å². The van der Waals surface area contributed by atoms with Crippen LogP contribution < -0.4 is 10.1 Å². The molecule has 0 aliphatic rings. The lowest BCUT2D eigenvalue weighted by atomic mass is 10.3. The number of ether oxygens (including phenoxy) is 1. The lowest BCUT2D eigenvalue weighted by molar-refractivity contribution is 0.215. The molecule has 92 valence electrons. The van der Waals surface area contributed by atoms with Gasteiger partial charge < -0.3 is 4.74 Å². The summed E-state index contributed by atoms with van der Waals surface area (Å²) in [5, 5.41) is 1.93. The van der Waals surface area contributed by atoms with Gasteiger partial charge in [0, 0.05) is 6.20 Å². The van der Waals surface area contributed by atoms with Crippen molar-refractivity contribution in [3.63, 3.8) is 0 Å². The Hall–Kier alpha value is -2.14. The van der Waals surface area contributed by atoms with Crippen LogP contribution in [0.1, 0.15) is 0 Å². The first-order valence-corrected chi connectivity index (χ1v) is 5.38. The van der Waals surface area contributed by atoms with Crippen LogP contribution in [0.15, 0.2) is 42.6 Å². The minimum absolute atomic E-state index is 0.0871. The van der Waals surface area contributed by atoms with Gasteiger partial charge >= 0.3 is 6.09 Å². The number of pyridine rings is 1. The van der Waals surface area contributed by atoms with Crippen LogP contribution in [0.25, 0.3) is 0 Å². The van der Waals surface area contributed by atoms with Crippen LogP contribution in [-0.2, 0) is 0 Å². The number of para-hydroxylation sites is 1. The first-order chi connectivity index (χ1) is 8.66. The van der Waals surface area contributed by atoms with E-state index in [9.17, 15) is 9.18 Å². The van der Waals surface area contributed by atoms with E-state index in [0.29, 0.717) is 5.75 Å². The van der Waals surface area contributed by atoms with Gasteiger partial charge in [-0.25, -0.2) is 14.2 Å². The van der Waals surface area contributed by atoms with Crippen molar-refractivity contribution in [3.8, 4) is 5.75 Å². The van der Waals surface area contributed by atoms with Crippen molar-refractivity contribution in [1.29, 1.82) is 0 Å². The number of hydrogen-bond donors (Lipinski definition) is 1. The quantitative estimate of drug-likeness (QED) is 0.847. The van der Waals surface area contributed by atoms with Crippen LogP contribution in [-0.4, -0.2) is 11.1 Å². The van der Waals surface area contributed by atoms with Crippen molar-refractivity contribution < 1.29 is 13.9 Å². The summed E-state index contributed by atoms with van der Waals surface area (Å²) < 4.78 is 18.4. The molecule has 0 spiro atoms. The van der Waals surface area contributed by atoms with Gasteiger partial charge in [0.15, 0.2) is 11.0 Å². The Morgan fingerprint density at radius 2 is 2.00 bits per heavy atom. The number of anilines is 1. The SMILES string of the molecule is O=C(Nc1ccnc(Cl)c1F)Oc1ccccc1. The van der Waals surface area contributed by atoms with E-state index in [-0.39, 0.29) is 10.8 Å². The van der Waals surface area contributed by atoms with Crippen molar-refractivity contribution in [2.24, 2.45) is 0 Å². The molecule has 1 N–H and O–H groups in total. The summed E-state index contributed by atoms with van der Waals surface area (Å²) in [6.45, 7) is 0. The second kappa shape index (κ2) is 5.46. The molecular weight excluding hydrogens is 259 g/mol. The fraction of sp³-hybridized carbons (Fsp3) is 0. The van der Waals surface area contributed by atoms with E-state index in [2.05, 4.69) is 10.3 Å². The third-order valence-electron chi connectivity index (χ3n) is 2.04. The highest BCUT2D eigenvalue weighted by molar-refractivity contribution is 6.29. The van der Waals surface area contributed by atoms with Gasteiger partial charge in [0.1, 0.15) is 5.75 Å². The van der Waals surface area contributed by atoms with Crippen molar-refractivity contribution in [2.45, 2.75) is 0 Å². The maximum absolute atomic E-state index is 13.4. The van der Waals surface area contributed by atoms with Crippen molar-refractivity contribution in [2.75, 3.05) is 5.32 Å². The lowest BCUT2D eigenvalue weighted by Gasteiger charge is -2.07. The third kappa shape index (κ3) is 2.95. The van der Waals surface area contributed by atoms with Crippen LogP contribution in [0.4, 0.5) is 14.9 Å². The number of amides is 1. The van der Waals surface area contributed by atoms with E-state index in [1.54, 1.807) is 30.3 Å². The Balaban J connectivity index is 2.06. The normalized spacial score (nSPS) is 9.89. The molecule has 0 saturated carbocycles. The van der Waals surface area contributed by atoms with Gasteiger partial charge in [-0.2, -0.15) is 0 Å². The molecule has 6 heteroatoms. The number of nitrogens with one attached hydrogen (secondary N) is 1. The van der Waals surface area contributed by atoms with Gasteiger partial charge in [0.05, 0.1) is 5.69 Å². The summed E-state index contributed by atoms with van der Waals surface area (Å²) in [7, 11) is 0. The molecule has 2 aromatic rings. The Kier molecular flexibility index (Phi) is 3.74. The second-order valence-electron chi connectivity index (χ2n) is 3.29. The summed E-state index contributed by atoms with van der Waals surface area (Å²) in [5.74, 6) is -0.445. The van der Waals surface area contributed by atoms with Gasteiger partial charge in [0.2, 0.25) is 0 Å². The van der Waals surface area contributed by atoms with E-state index in [0.717, 1.165) is 0 Å². The molecule has 18 heavy (non-hydrogen) atoms. The highest BCUT2D eigenvalue weighted by atomic mass is 35.5. The average molecular weight is 267 g/mol. The zero-order chi connectivity index (χ0) is 13.0. The standard InChI is InChI=1S/C12H8ClFN2O2/c13-11-10(14)9(6-7-15-11)16-12(17)18-8-4-2-1-3-5-8/h1-7H,(H,15,16,17). The summed E-state index contributed by atoms with van der Waals surface area (Å²) in [6, 6.07) is 9.71. The predicted molar refractivity (Wildman–Crippen MR) is 65.3 cm³/mol. The predicted octanol–water partition coefficient (Wildman–Crippen LogP) is 3.49. The monoisotopic (exact) mass is 266 g/mol. The van der Waals surface area contributed by atoms with E-state index in [4.69, 9.17) is 16.3 Å². The first kappa shape index (κ1) is 12.3. The van der Waals surface area contributed by atoms with E-state index >= 15 is 0 Å². The van der Waals surface area contributed by atoms with Crippen LogP contribution in [0.5, 0.6) is 5.75 Å². The number of carbonyl (C=O) groups is 1. The summed E-state index contributed by atoms with van der Waals surface area (Å²) in [4.78, 5) is 15.0. The molecule has 0 unspecified atom stereocenters. The van der Waals surface area contributed by atoms with Crippen LogP contribution >= 0.6 is 11.6 Å². The maximum Gasteiger partial charge on any atom is 0.417 e. The summed E-state index contributed by atoms with van der Waals surface area (Å²) >= 11 is 5.48. The lowest BCUT2D eigenvalue weighted by Crippen LogP contribution is -2.17. The van der Waals surface area contributed by atoms with Crippen molar-refractivity contribution in [1.82, 2.24) is 4.98 Å². The molecule has 1 aromatic carbocycles. The summed E-state index contributed by atoms with van der Waals surface area (Å²) in [5.41, 5.74) is -0.0871. The van der Waals surface area contributed by atoms with Crippen LogP contribution in [0, 0.1) is 5.82 Å². The number of hydrogen-bond acceptors (Lipinski definition) is 3. The highest BCUT2D eigenvalue weighted by Crippen LogP contribution is 2.20. The molecule has 1 aromatic heterocycles. The fourth-order valence-electron chi connectivity index (χ4n) is 1.25. The Morgan fingerprint density at radius 1 is 1.28 bits per heavy atom. The third-order valence-corrected chi connectivity index (χ3v) is 2.30. The van der Waals surface area contributed by atoms with E-state index in [1.807, 2.05) is 0 Å². The largest absolute Gasteiger partial charge is 0.417 e. The zero-order valence-electron chi connectivity index (χ0n) is 9.06. The molecule has 4 nitrogen and oxygen atoms in total. The number of nitrogens with zero attached hydrogens (tertiary/aromatic N) is 1. The van der Waals surface area contributed by atoms with Gasteiger partial charge in [0.25, 0.3) is 0 Å². The topological polar surface area (TPSA) is 51.2 Å². The summed E-state index contributed by atoms with van der Waals surface area (Å²) in [6.07, 6.45) is 0.478. The molecule has 1 amide bonds. The Labute approximate surface area is 107 Å². The zero-order valence-corrected chi connectivity index (χ0v) is 9.82. The Morgan fingerprint density at radius 3 is 2.72 bits per heavy atom. The maximum atomic E-state index is 13.4. The molecular formula is C12H8ClFN2O2. The molecule has 0 aliphatic heterocycles. The minimum atomic E-state index is -0.803. The molecule has 0 bridgehead atoms. The van der Waals surface area contributed by atoms with E-state index < -0.39 is 11.9 Å². The number of benzene rings is 1. The van der Waals surface area contributed by atoms with Crippen LogP contribution in [0.3, 0.4) is 0 Å². The highest BCUT2D eigenvalue weighted by Gasteiger charge is 2.11. The van der Waals surface area contributed by atoms with Gasteiger partial charge in [-0.05, 0) is 18.2 Å². The van der Waals surface area contributed by atoms with E-state index in [1.165, 1.54) is 12.3 Å². The number of halogens is 2. The molecule has 2 rings (SSSR count).